The van der Waals surface area contributed by atoms with Gasteiger partial charge in [-0.3, -0.25) is 4.79 Å². The van der Waals surface area contributed by atoms with Crippen LogP contribution < -0.4 is 4.90 Å². The van der Waals surface area contributed by atoms with Crippen LogP contribution in [0.3, 0.4) is 0 Å². The van der Waals surface area contributed by atoms with Crippen molar-refractivity contribution in [2.45, 2.75) is 32.2 Å². The topological polar surface area (TPSA) is 44.1 Å². The maximum atomic E-state index is 13.8. The Morgan fingerprint density at radius 3 is 2.83 bits per heavy atom. The predicted molar refractivity (Wildman–Crippen MR) is 67.0 cm³/mol. The van der Waals surface area contributed by atoms with Gasteiger partial charge in [0.25, 0.3) is 0 Å². The number of anilines is 1. The lowest BCUT2D eigenvalue weighted by molar-refractivity contribution is 0.101. The summed E-state index contributed by atoms with van der Waals surface area (Å²) in [6.07, 6.45) is 2.46. The fourth-order valence-corrected chi connectivity index (χ4v) is 2.16. The molecule has 2 rings (SSSR count). The van der Waals surface area contributed by atoms with Crippen LogP contribution in [-0.2, 0) is 0 Å². The van der Waals surface area contributed by atoms with Gasteiger partial charge in [-0.25, -0.2) is 4.39 Å². The summed E-state index contributed by atoms with van der Waals surface area (Å²) < 4.78 is 13.8. The summed E-state index contributed by atoms with van der Waals surface area (Å²) in [4.78, 5) is 13.6. The summed E-state index contributed by atoms with van der Waals surface area (Å²) in [6.45, 7) is 1.92. The third kappa shape index (κ3) is 2.51. The maximum absolute atomic E-state index is 13.8. The molecule has 0 unspecified atom stereocenters. The van der Waals surface area contributed by atoms with E-state index in [4.69, 9.17) is 5.26 Å². The highest BCUT2D eigenvalue weighted by molar-refractivity contribution is 6.00. The van der Waals surface area contributed by atoms with E-state index in [1.807, 2.05) is 4.90 Å². The third-order valence-electron chi connectivity index (χ3n) is 3.11. The van der Waals surface area contributed by atoms with Crippen molar-refractivity contribution in [1.29, 1.82) is 5.26 Å². The second-order valence-corrected chi connectivity index (χ2v) is 4.52. The zero-order chi connectivity index (χ0) is 13.1. The Labute approximate surface area is 106 Å². The number of Topliss-reactive ketones (excluding diaryl/α,β-unsaturated/α-hetero) is 1. The van der Waals surface area contributed by atoms with Gasteiger partial charge in [0.2, 0.25) is 0 Å². The fourth-order valence-electron chi connectivity index (χ4n) is 2.16. The van der Waals surface area contributed by atoms with E-state index < -0.39 is 5.82 Å². The lowest BCUT2D eigenvalue weighted by Gasteiger charge is -2.25. The smallest absolute Gasteiger partial charge is 0.164 e. The van der Waals surface area contributed by atoms with Crippen LogP contribution in [0.15, 0.2) is 18.2 Å². The Morgan fingerprint density at radius 2 is 2.28 bits per heavy atom. The molecule has 4 heteroatoms. The number of ketones is 1. The lowest BCUT2D eigenvalue weighted by atomic mass is 10.1. The van der Waals surface area contributed by atoms with Crippen molar-refractivity contribution in [3.63, 3.8) is 0 Å². The molecular weight excluding hydrogens is 231 g/mol. The molecule has 0 saturated heterocycles. The monoisotopic (exact) mass is 246 g/mol. The predicted octanol–water partition coefficient (Wildman–Crippen LogP) is 2.91. The van der Waals surface area contributed by atoms with E-state index in [1.165, 1.54) is 13.0 Å². The van der Waals surface area contributed by atoms with Crippen LogP contribution in [0.5, 0.6) is 0 Å². The van der Waals surface area contributed by atoms with Crippen molar-refractivity contribution in [2.75, 3.05) is 11.4 Å². The van der Waals surface area contributed by atoms with E-state index in [2.05, 4.69) is 6.07 Å². The molecule has 0 atom stereocenters. The molecule has 0 radical (unpaired) electrons. The number of carbonyl (C=O) groups is 1. The summed E-state index contributed by atoms with van der Waals surface area (Å²) in [7, 11) is 0. The van der Waals surface area contributed by atoms with E-state index in [9.17, 15) is 9.18 Å². The number of hydrogen-bond donors (Lipinski definition) is 0. The summed E-state index contributed by atoms with van der Waals surface area (Å²) >= 11 is 0. The molecule has 94 valence electrons. The second kappa shape index (κ2) is 5.18. The molecule has 1 aliphatic rings. The molecular formula is C14H15FN2O. The number of nitriles is 1. The molecule has 18 heavy (non-hydrogen) atoms. The molecule has 1 saturated carbocycles. The molecule has 0 N–H and O–H groups in total. The summed E-state index contributed by atoms with van der Waals surface area (Å²) in [6, 6.07) is 7.11. The highest BCUT2D eigenvalue weighted by Crippen LogP contribution is 2.34. The zero-order valence-corrected chi connectivity index (χ0v) is 10.3. The number of hydrogen-bond acceptors (Lipinski definition) is 3. The van der Waals surface area contributed by atoms with Crippen molar-refractivity contribution < 1.29 is 9.18 Å². The standard InChI is InChI=1S/C14H15FN2O/c1-10(18)14-12(15)4-2-5-13(14)17(9-3-8-16)11-6-7-11/h2,4-5,11H,3,6-7,9H2,1H3. The molecule has 0 bridgehead atoms. The molecule has 0 spiro atoms. The fraction of sp³-hybridized carbons (Fsp3) is 0.429. The average molecular weight is 246 g/mol. The van der Waals surface area contributed by atoms with Crippen LogP contribution in [0.4, 0.5) is 10.1 Å². The molecule has 1 fully saturated rings. The van der Waals surface area contributed by atoms with Gasteiger partial charge in [-0.05, 0) is 31.9 Å². The number of halogens is 1. The van der Waals surface area contributed by atoms with Gasteiger partial charge in [0.15, 0.2) is 5.78 Å². The minimum absolute atomic E-state index is 0.141. The van der Waals surface area contributed by atoms with E-state index in [0.717, 1.165) is 12.8 Å². The third-order valence-corrected chi connectivity index (χ3v) is 3.11. The van der Waals surface area contributed by atoms with E-state index in [-0.39, 0.29) is 11.3 Å². The van der Waals surface area contributed by atoms with Gasteiger partial charge in [0.05, 0.1) is 23.7 Å². The summed E-state index contributed by atoms with van der Waals surface area (Å²) in [5, 5.41) is 8.68. The van der Waals surface area contributed by atoms with Crippen LogP contribution in [0.1, 0.15) is 36.5 Å². The van der Waals surface area contributed by atoms with Crippen molar-refractivity contribution in [3.05, 3.63) is 29.6 Å². The van der Waals surface area contributed by atoms with Gasteiger partial charge in [0.1, 0.15) is 5.82 Å². The van der Waals surface area contributed by atoms with Crippen molar-refractivity contribution >= 4 is 11.5 Å². The maximum Gasteiger partial charge on any atom is 0.164 e. The highest BCUT2D eigenvalue weighted by Gasteiger charge is 2.31. The van der Waals surface area contributed by atoms with Crippen LogP contribution >= 0.6 is 0 Å². The molecule has 0 aromatic heterocycles. The van der Waals surface area contributed by atoms with Crippen LogP contribution in [-0.4, -0.2) is 18.4 Å². The SMILES string of the molecule is CC(=O)c1c(F)cccc1N(CCC#N)C1CC1. The normalized spacial score (nSPS) is 14.1. The van der Waals surface area contributed by atoms with Gasteiger partial charge in [-0.1, -0.05) is 6.07 Å². The largest absolute Gasteiger partial charge is 0.367 e. The molecule has 0 aliphatic heterocycles. The first kappa shape index (κ1) is 12.6. The van der Waals surface area contributed by atoms with Gasteiger partial charge in [0, 0.05) is 12.6 Å². The van der Waals surface area contributed by atoms with Gasteiger partial charge in [-0.15, -0.1) is 0 Å². The van der Waals surface area contributed by atoms with Crippen molar-refractivity contribution in [1.82, 2.24) is 0 Å². The van der Waals surface area contributed by atoms with Gasteiger partial charge >= 0.3 is 0 Å². The Kier molecular flexibility index (Phi) is 3.61. The van der Waals surface area contributed by atoms with Gasteiger partial charge in [-0.2, -0.15) is 5.26 Å². The number of carbonyl (C=O) groups excluding carboxylic acids is 1. The molecule has 0 amide bonds. The van der Waals surface area contributed by atoms with Crippen molar-refractivity contribution in [3.8, 4) is 6.07 Å². The Morgan fingerprint density at radius 1 is 1.56 bits per heavy atom. The number of benzene rings is 1. The average Bonchev–Trinajstić information content (AvgIpc) is 3.13. The Balaban J connectivity index is 2.38. The minimum Gasteiger partial charge on any atom is -0.367 e. The van der Waals surface area contributed by atoms with E-state index in [1.54, 1.807) is 12.1 Å². The molecule has 1 aromatic carbocycles. The summed E-state index contributed by atoms with van der Waals surface area (Å²) in [5.41, 5.74) is 0.766. The molecule has 3 nitrogen and oxygen atoms in total. The van der Waals surface area contributed by atoms with Crippen molar-refractivity contribution in [2.24, 2.45) is 0 Å². The first-order valence-corrected chi connectivity index (χ1v) is 6.08. The van der Waals surface area contributed by atoms with Gasteiger partial charge < -0.3 is 4.90 Å². The number of rotatable bonds is 5. The molecule has 1 aliphatic carbocycles. The first-order chi connectivity index (χ1) is 8.65. The first-order valence-electron chi connectivity index (χ1n) is 6.08. The second-order valence-electron chi connectivity index (χ2n) is 4.52. The van der Waals surface area contributed by atoms with E-state index >= 15 is 0 Å². The van der Waals surface area contributed by atoms with Crippen LogP contribution in [0, 0.1) is 17.1 Å². The van der Waals surface area contributed by atoms with E-state index in [0.29, 0.717) is 24.7 Å². The molecule has 0 heterocycles. The highest BCUT2D eigenvalue weighted by atomic mass is 19.1. The molecule has 1 aromatic rings. The Bertz CT molecular complexity index is 503. The lowest BCUT2D eigenvalue weighted by Crippen LogP contribution is -2.28. The van der Waals surface area contributed by atoms with Crippen LogP contribution in [0.2, 0.25) is 0 Å². The van der Waals surface area contributed by atoms with Crippen LogP contribution in [0.25, 0.3) is 0 Å². The Hall–Kier alpha value is -1.89. The number of nitrogens with zero attached hydrogens (tertiary/aromatic N) is 2. The zero-order valence-electron chi connectivity index (χ0n) is 10.3. The quantitative estimate of drug-likeness (QED) is 0.750. The minimum atomic E-state index is -0.484. The summed E-state index contributed by atoms with van der Waals surface area (Å²) in [5.74, 6) is -0.756.